The first-order chi connectivity index (χ1) is 4.21. The number of rotatable bonds is 0. The summed E-state index contributed by atoms with van der Waals surface area (Å²) < 4.78 is 0. The SMILES string of the molecule is CC1=CC2(O)CC2CC1. The Morgan fingerprint density at radius 3 is 3.11 bits per heavy atom. The first-order valence-corrected chi connectivity index (χ1v) is 3.61. The lowest BCUT2D eigenvalue weighted by Crippen LogP contribution is -2.11. The van der Waals surface area contributed by atoms with E-state index in [-0.39, 0.29) is 5.60 Å². The van der Waals surface area contributed by atoms with E-state index in [9.17, 15) is 5.11 Å². The number of fused-ring (bicyclic) bond motifs is 1. The van der Waals surface area contributed by atoms with Crippen LogP contribution in [0, 0.1) is 5.92 Å². The van der Waals surface area contributed by atoms with Crippen LogP contribution in [0.2, 0.25) is 0 Å². The molecule has 2 aliphatic rings. The number of aliphatic hydroxyl groups is 1. The molecule has 2 unspecified atom stereocenters. The largest absolute Gasteiger partial charge is 0.385 e. The zero-order chi connectivity index (χ0) is 6.48. The topological polar surface area (TPSA) is 20.2 Å². The van der Waals surface area contributed by atoms with E-state index in [2.05, 4.69) is 6.92 Å². The van der Waals surface area contributed by atoms with Crippen molar-refractivity contribution in [2.75, 3.05) is 0 Å². The van der Waals surface area contributed by atoms with Gasteiger partial charge in [-0.3, -0.25) is 0 Å². The quantitative estimate of drug-likeness (QED) is 0.485. The van der Waals surface area contributed by atoms with E-state index >= 15 is 0 Å². The molecular formula is C8H12O. The maximum atomic E-state index is 9.54. The molecule has 1 nitrogen and oxygen atoms in total. The Morgan fingerprint density at radius 1 is 1.78 bits per heavy atom. The highest BCUT2D eigenvalue weighted by atomic mass is 16.3. The average molecular weight is 124 g/mol. The van der Waals surface area contributed by atoms with Crippen LogP contribution < -0.4 is 0 Å². The van der Waals surface area contributed by atoms with Crippen molar-refractivity contribution in [3.05, 3.63) is 11.6 Å². The van der Waals surface area contributed by atoms with Gasteiger partial charge in [0.05, 0.1) is 5.60 Å². The molecule has 0 aromatic heterocycles. The standard InChI is InChI=1S/C8H12O/c1-6-2-3-7-5-8(7,9)4-6/h4,7,9H,2-3,5H2,1H3. The predicted molar refractivity (Wildman–Crippen MR) is 36.0 cm³/mol. The van der Waals surface area contributed by atoms with Gasteiger partial charge in [-0.25, -0.2) is 0 Å². The molecule has 1 N–H and O–H groups in total. The molecule has 0 aromatic rings. The lowest BCUT2D eigenvalue weighted by Gasteiger charge is -2.12. The molecule has 2 rings (SSSR count). The zero-order valence-electron chi connectivity index (χ0n) is 5.72. The van der Waals surface area contributed by atoms with E-state index in [4.69, 9.17) is 0 Å². The van der Waals surface area contributed by atoms with Gasteiger partial charge in [-0.05, 0) is 32.1 Å². The van der Waals surface area contributed by atoms with E-state index in [1.165, 1.54) is 18.4 Å². The van der Waals surface area contributed by atoms with Gasteiger partial charge in [-0.15, -0.1) is 0 Å². The van der Waals surface area contributed by atoms with Gasteiger partial charge in [0.1, 0.15) is 0 Å². The average Bonchev–Trinajstić information content (AvgIpc) is 2.38. The van der Waals surface area contributed by atoms with Gasteiger partial charge in [0.2, 0.25) is 0 Å². The van der Waals surface area contributed by atoms with Crippen molar-refractivity contribution in [1.82, 2.24) is 0 Å². The smallest absolute Gasteiger partial charge is 0.0863 e. The highest BCUT2D eigenvalue weighted by Gasteiger charge is 2.52. The van der Waals surface area contributed by atoms with E-state index in [0.717, 1.165) is 6.42 Å². The molecule has 1 saturated carbocycles. The number of hydrogen-bond acceptors (Lipinski definition) is 1. The van der Waals surface area contributed by atoms with E-state index in [1.807, 2.05) is 6.08 Å². The van der Waals surface area contributed by atoms with Gasteiger partial charge in [0.15, 0.2) is 0 Å². The summed E-state index contributed by atoms with van der Waals surface area (Å²) in [4.78, 5) is 0. The highest BCUT2D eigenvalue weighted by Crippen LogP contribution is 2.51. The Hall–Kier alpha value is -0.300. The molecule has 0 aromatic carbocycles. The van der Waals surface area contributed by atoms with Crippen LogP contribution in [0.25, 0.3) is 0 Å². The molecule has 0 spiro atoms. The van der Waals surface area contributed by atoms with Crippen LogP contribution in [0.4, 0.5) is 0 Å². The van der Waals surface area contributed by atoms with Crippen LogP contribution in [0.1, 0.15) is 26.2 Å². The maximum Gasteiger partial charge on any atom is 0.0863 e. The third kappa shape index (κ3) is 0.715. The van der Waals surface area contributed by atoms with Crippen LogP contribution in [0.5, 0.6) is 0 Å². The number of allylic oxidation sites excluding steroid dienone is 1. The van der Waals surface area contributed by atoms with Crippen LogP contribution >= 0.6 is 0 Å². The van der Waals surface area contributed by atoms with Crippen molar-refractivity contribution in [2.24, 2.45) is 5.92 Å². The number of hydrogen-bond donors (Lipinski definition) is 1. The van der Waals surface area contributed by atoms with Gasteiger partial charge in [0.25, 0.3) is 0 Å². The third-order valence-corrected chi connectivity index (χ3v) is 2.50. The summed E-state index contributed by atoms with van der Waals surface area (Å²) in [6.07, 6.45) is 5.47. The Balaban J connectivity index is 2.25. The van der Waals surface area contributed by atoms with Crippen molar-refractivity contribution < 1.29 is 5.11 Å². The summed E-state index contributed by atoms with van der Waals surface area (Å²) in [5.41, 5.74) is 1.02. The van der Waals surface area contributed by atoms with E-state index in [0.29, 0.717) is 5.92 Å². The minimum absolute atomic E-state index is 0.345. The van der Waals surface area contributed by atoms with Gasteiger partial charge < -0.3 is 5.11 Å². The molecule has 1 fully saturated rings. The highest BCUT2D eigenvalue weighted by molar-refractivity contribution is 5.24. The lowest BCUT2D eigenvalue weighted by molar-refractivity contribution is 0.174. The normalized spacial score (nSPS) is 47.8. The molecule has 2 atom stereocenters. The lowest BCUT2D eigenvalue weighted by atomic mass is 9.99. The Bertz CT molecular complexity index is 171. The maximum absolute atomic E-state index is 9.54. The van der Waals surface area contributed by atoms with Crippen molar-refractivity contribution in [3.8, 4) is 0 Å². The van der Waals surface area contributed by atoms with Crippen molar-refractivity contribution >= 4 is 0 Å². The predicted octanol–water partition coefficient (Wildman–Crippen LogP) is 1.48. The second-order valence-corrected chi connectivity index (χ2v) is 3.42. The van der Waals surface area contributed by atoms with Crippen molar-refractivity contribution in [1.29, 1.82) is 0 Å². The molecule has 0 amide bonds. The summed E-state index contributed by atoms with van der Waals surface area (Å²) in [5.74, 6) is 0.612. The first kappa shape index (κ1) is 5.48. The molecule has 0 bridgehead atoms. The Labute approximate surface area is 55.4 Å². The second kappa shape index (κ2) is 1.40. The molecular weight excluding hydrogens is 112 g/mol. The second-order valence-electron chi connectivity index (χ2n) is 3.42. The van der Waals surface area contributed by atoms with Gasteiger partial charge in [-0.1, -0.05) is 11.6 Å². The molecule has 0 radical (unpaired) electrons. The van der Waals surface area contributed by atoms with Gasteiger partial charge in [-0.2, -0.15) is 0 Å². The van der Waals surface area contributed by atoms with Crippen LogP contribution in [-0.4, -0.2) is 10.7 Å². The molecule has 0 aliphatic heterocycles. The molecule has 2 aliphatic carbocycles. The van der Waals surface area contributed by atoms with Crippen LogP contribution in [-0.2, 0) is 0 Å². The van der Waals surface area contributed by atoms with Gasteiger partial charge >= 0.3 is 0 Å². The Morgan fingerprint density at radius 2 is 2.56 bits per heavy atom. The Kier molecular flexibility index (Phi) is 0.854. The van der Waals surface area contributed by atoms with Crippen LogP contribution in [0.15, 0.2) is 11.6 Å². The fraction of sp³-hybridized carbons (Fsp3) is 0.750. The molecule has 50 valence electrons. The summed E-state index contributed by atoms with van der Waals surface area (Å²) in [7, 11) is 0. The fourth-order valence-corrected chi connectivity index (χ4v) is 1.77. The monoisotopic (exact) mass is 124 g/mol. The van der Waals surface area contributed by atoms with E-state index in [1.54, 1.807) is 0 Å². The van der Waals surface area contributed by atoms with Gasteiger partial charge in [0, 0.05) is 0 Å². The van der Waals surface area contributed by atoms with Crippen molar-refractivity contribution in [2.45, 2.75) is 31.8 Å². The summed E-state index contributed by atoms with van der Waals surface area (Å²) in [6, 6.07) is 0. The summed E-state index contributed by atoms with van der Waals surface area (Å²) >= 11 is 0. The fourth-order valence-electron chi connectivity index (χ4n) is 1.77. The first-order valence-electron chi connectivity index (χ1n) is 3.61. The minimum atomic E-state index is -0.345. The molecule has 1 heteroatoms. The van der Waals surface area contributed by atoms with Crippen LogP contribution in [0.3, 0.4) is 0 Å². The molecule has 0 heterocycles. The summed E-state index contributed by atoms with van der Waals surface area (Å²) in [6.45, 7) is 2.10. The summed E-state index contributed by atoms with van der Waals surface area (Å²) in [5, 5.41) is 9.54. The van der Waals surface area contributed by atoms with E-state index < -0.39 is 0 Å². The zero-order valence-corrected chi connectivity index (χ0v) is 5.72. The third-order valence-electron chi connectivity index (χ3n) is 2.50. The molecule has 0 saturated heterocycles. The van der Waals surface area contributed by atoms with Crippen molar-refractivity contribution in [3.63, 3.8) is 0 Å². The molecule has 9 heavy (non-hydrogen) atoms. The minimum Gasteiger partial charge on any atom is -0.385 e.